The third kappa shape index (κ3) is 3.39. The molecule has 21 heavy (non-hydrogen) atoms. The van der Waals surface area contributed by atoms with Crippen LogP contribution in [0.15, 0.2) is 18.2 Å². The van der Waals surface area contributed by atoms with Gasteiger partial charge in [0.1, 0.15) is 5.82 Å². The van der Waals surface area contributed by atoms with Crippen LogP contribution in [0.25, 0.3) is 0 Å². The number of benzene rings is 1. The van der Waals surface area contributed by atoms with Crippen molar-refractivity contribution in [1.82, 2.24) is 9.78 Å². The van der Waals surface area contributed by atoms with Gasteiger partial charge in [0.25, 0.3) is 0 Å². The lowest BCUT2D eigenvalue weighted by Gasteiger charge is -2.09. The number of hydrogen-bond acceptors (Lipinski definition) is 3. The Morgan fingerprint density at radius 3 is 2.62 bits per heavy atom. The molecule has 0 aliphatic heterocycles. The summed E-state index contributed by atoms with van der Waals surface area (Å²) < 4.78 is 15.1. The average molecular weight is 290 g/mol. The molecule has 6 heteroatoms. The van der Waals surface area contributed by atoms with Crippen LogP contribution in [0.1, 0.15) is 17.0 Å². The Balaban J connectivity index is 1.97. The summed E-state index contributed by atoms with van der Waals surface area (Å²) >= 11 is 0. The number of aromatic nitrogens is 2. The topological polar surface area (TPSA) is 59.0 Å². The van der Waals surface area contributed by atoms with Crippen LogP contribution >= 0.6 is 0 Å². The monoisotopic (exact) mass is 290 g/mol. The summed E-state index contributed by atoms with van der Waals surface area (Å²) in [6.07, 6.45) is 0. The van der Waals surface area contributed by atoms with Crippen LogP contribution < -0.4 is 10.6 Å². The molecule has 2 rings (SSSR count). The maximum atomic E-state index is 13.4. The van der Waals surface area contributed by atoms with Gasteiger partial charge < -0.3 is 10.6 Å². The first kappa shape index (κ1) is 15.0. The van der Waals surface area contributed by atoms with E-state index in [0.29, 0.717) is 11.3 Å². The fourth-order valence-electron chi connectivity index (χ4n) is 2.02. The minimum Gasteiger partial charge on any atom is -0.376 e. The second kappa shape index (κ2) is 5.95. The second-order valence-electron chi connectivity index (χ2n) is 5.04. The number of nitrogens with one attached hydrogen (secondary N) is 2. The maximum Gasteiger partial charge on any atom is 0.243 e. The Bertz CT molecular complexity index is 679. The van der Waals surface area contributed by atoms with Crippen molar-refractivity contribution < 1.29 is 9.18 Å². The fourth-order valence-corrected chi connectivity index (χ4v) is 2.02. The molecule has 0 radical (unpaired) electrons. The van der Waals surface area contributed by atoms with E-state index in [1.165, 1.54) is 6.07 Å². The van der Waals surface area contributed by atoms with Crippen molar-refractivity contribution in [3.05, 3.63) is 41.0 Å². The first-order valence-electron chi connectivity index (χ1n) is 6.68. The largest absolute Gasteiger partial charge is 0.376 e. The highest BCUT2D eigenvalue weighted by molar-refractivity contribution is 5.94. The number of rotatable bonds is 4. The molecule has 0 saturated heterocycles. The molecule has 0 unspecified atom stereocenters. The molecule has 0 spiro atoms. The average Bonchev–Trinajstić information content (AvgIpc) is 2.67. The molecule has 0 saturated carbocycles. The molecule has 0 aliphatic carbocycles. The van der Waals surface area contributed by atoms with Crippen molar-refractivity contribution in [2.75, 3.05) is 17.2 Å². The van der Waals surface area contributed by atoms with Gasteiger partial charge in [-0.3, -0.25) is 9.48 Å². The molecule has 1 heterocycles. The summed E-state index contributed by atoms with van der Waals surface area (Å²) in [7, 11) is 1.82. The zero-order valence-corrected chi connectivity index (χ0v) is 12.6. The standard InChI is InChI=1S/C15H19FN4O/c1-9-5-6-12(7-13(9)16)17-8-14(21)18-15-10(2)19-20(4)11(15)3/h5-7,17H,8H2,1-4H3,(H,18,21). The van der Waals surface area contributed by atoms with Gasteiger partial charge in [0.05, 0.1) is 23.6 Å². The van der Waals surface area contributed by atoms with E-state index < -0.39 is 0 Å². The smallest absolute Gasteiger partial charge is 0.243 e. The molecule has 1 aromatic heterocycles. The Labute approximate surface area is 123 Å². The van der Waals surface area contributed by atoms with Gasteiger partial charge in [0.2, 0.25) is 5.91 Å². The van der Waals surface area contributed by atoms with E-state index in [2.05, 4.69) is 15.7 Å². The number of carbonyl (C=O) groups excluding carboxylic acids is 1. The highest BCUT2D eigenvalue weighted by Crippen LogP contribution is 2.18. The van der Waals surface area contributed by atoms with Crippen molar-refractivity contribution in [3.63, 3.8) is 0 Å². The number of amides is 1. The Morgan fingerprint density at radius 2 is 2.05 bits per heavy atom. The highest BCUT2D eigenvalue weighted by Gasteiger charge is 2.12. The third-order valence-corrected chi connectivity index (χ3v) is 3.40. The molecule has 0 atom stereocenters. The summed E-state index contributed by atoms with van der Waals surface area (Å²) in [5.74, 6) is -0.491. The van der Waals surface area contributed by atoms with Gasteiger partial charge in [-0.25, -0.2) is 4.39 Å². The van der Waals surface area contributed by atoms with Crippen LogP contribution in [0.3, 0.4) is 0 Å². The summed E-state index contributed by atoms with van der Waals surface area (Å²) in [6, 6.07) is 4.79. The van der Waals surface area contributed by atoms with Crippen LogP contribution in [0.4, 0.5) is 15.8 Å². The minimum atomic E-state index is -0.292. The number of nitrogens with zero attached hydrogens (tertiary/aromatic N) is 2. The van der Waals surface area contributed by atoms with E-state index in [4.69, 9.17) is 0 Å². The van der Waals surface area contributed by atoms with E-state index >= 15 is 0 Å². The molecular formula is C15H19FN4O. The first-order valence-corrected chi connectivity index (χ1v) is 6.68. The molecule has 112 valence electrons. The number of carbonyl (C=O) groups is 1. The van der Waals surface area contributed by atoms with E-state index in [1.807, 2.05) is 20.9 Å². The van der Waals surface area contributed by atoms with Crippen LogP contribution in [0.5, 0.6) is 0 Å². The molecule has 5 nitrogen and oxygen atoms in total. The fraction of sp³-hybridized carbons (Fsp3) is 0.333. The summed E-state index contributed by atoms with van der Waals surface area (Å²) in [5.41, 5.74) is 3.53. The summed E-state index contributed by atoms with van der Waals surface area (Å²) in [5, 5.41) is 9.95. The van der Waals surface area contributed by atoms with Crippen LogP contribution in [0.2, 0.25) is 0 Å². The van der Waals surface area contributed by atoms with Crippen molar-refractivity contribution >= 4 is 17.3 Å². The molecule has 0 bridgehead atoms. The summed E-state index contributed by atoms with van der Waals surface area (Å²) in [6.45, 7) is 5.49. The first-order chi connectivity index (χ1) is 9.88. The SMILES string of the molecule is Cc1ccc(NCC(=O)Nc2c(C)nn(C)c2C)cc1F. The predicted octanol–water partition coefficient (Wildman–Crippen LogP) is 2.54. The van der Waals surface area contributed by atoms with Crippen molar-refractivity contribution in [2.24, 2.45) is 7.05 Å². The molecule has 2 aromatic rings. The molecule has 0 aliphatic rings. The van der Waals surface area contributed by atoms with Gasteiger partial charge in [-0.15, -0.1) is 0 Å². The lowest BCUT2D eigenvalue weighted by atomic mass is 10.2. The number of anilines is 2. The normalized spacial score (nSPS) is 10.5. The molecule has 1 amide bonds. The van der Waals surface area contributed by atoms with Gasteiger partial charge >= 0.3 is 0 Å². The number of hydrogen-bond donors (Lipinski definition) is 2. The Morgan fingerprint density at radius 1 is 1.33 bits per heavy atom. The van der Waals surface area contributed by atoms with Crippen molar-refractivity contribution in [2.45, 2.75) is 20.8 Å². The number of halogens is 1. The molecule has 2 N–H and O–H groups in total. The van der Waals surface area contributed by atoms with Gasteiger partial charge in [0.15, 0.2) is 0 Å². The lowest BCUT2D eigenvalue weighted by Crippen LogP contribution is -2.22. The van der Waals surface area contributed by atoms with Gasteiger partial charge in [-0.2, -0.15) is 5.10 Å². The molecule has 1 aromatic carbocycles. The van der Waals surface area contributed by atoms with E-state index in [1.54, 1.807) is 23.7 Å². The van der Waals surface area contributed by atoms with Crippen LogP contribution in [0, 0.1) is 26.6 Å². The Kier molecular flexibility index (Phi) is 4.26. The Hall–Kier alpha value is -2.37. The van der Waals surface area contributed by atoms with E-state index in [-0.39, 0.29) is 18.3 Å². The van der Waals surface area contributed by atoms with Gasteiger partial charge in [-0.1, -0.05) is 6.07 Å². The van der Waals surface area contributed by atoms with Crippen LogP contribution in [-0.2, 0) is 11.8 Å². The second-order valence-corrected chi connectivity index (χ2v) is 5.04. The number of aryl methyl sites for hydroxylation is 3. The van der Waals surface area contributed by atoms with Gasteiger partial charge in [-0.05, 0) is 38.5 Å². The molecule has 0 fully saturated rings. The summed E-state index contributed by atoms with van der Waals surface area (Å²) in [4.78, 5) is 11.9. The highest BCUT2D eigenvalue weighted by atomic mass is 19.1. The third-order valence-electron chi connectivity index (χ3n) is 3.40. The van der Waals surface area contributed by atoms with E-state index in [0.717, 1.165) is 17.1 Å². The van der Waals surface area contributed by atoms with Crippen molar-refractivity contribution in [1.29, 1.82) is 0 Å². The predicted molar refractivity (Wildman–Crippen MR) is 80.9 cm³/mol. The zero-order valence-electron chi connectivity index (χ0n) is 12.6. The molecular weight excluding hydrogens is 271 g/mol. The maximum absolute atomic E-state index is 13.4. The van der Waals surface area contributed by atoms with Gasteiger partial charge in [0, 0.05) is 12.7 Å². The minimum absolute atomic E-state index is 0.0657. The van der Waals surface area contributed by atoms with Crippen LogP contribution in [-0.4, -0.2) is 22.2 Å². The zero-order chi connectivity index (χ0) is 15.6. The lowest BCUT2D eigenvalue weighted by molar-refractivity contribution is -0.114. The van der Waals surface area contributed by atoms with Crippen molar-refractivity contribution in [3.8, 4) is 0 Å². The quantitative estimate of drug-likeness (QED) is 0.909. The van der Waals surface area contributed by atoms with E-state index in [9.17, 15) is 9.18 Å².